The summed E-state index contributed by atoms with van der Waals surface area (Å²) in [5.41, 5.74) is 3.41. The molecule has 2 heterocycles. The maximum atomic E-state index is 12.5. The molecule has 17 nitrogen and oxygen atoms in total. The highest BCUT2D eigenvalue weighted by Gasteiger charge is 2.17. The molecule has 57 heavy (non-hydrogen) atoms. The van der Waals surface area contributed by atoms with E-state index in [-0.39, 0.29) is 57.1 Å². The summed E-state index contributed by atoms with van der Waals surface area (Å²) in [6.07, 6.45) is 2.98. The molecule has 0 bridgehead atoms. The van der Waals surface area contributed by atoms with Gasteiger partial charge in [-0.2, -0.15) is 38.3 Å². The minimum Gasteiger partial charge on any atom is -0.324 e. The molecule has 0 atom stereocenters. The van der Waals surface area contributed by atoms with Crippen LogP contribution >= 0.6 is 35.2 Å². The van der Waals surface area contributed by atoms with Gasteiger partial charge in [0.1, 0.15) is 4.90 Å². The van der Waals surface area contributed by atoms with Gasteiger partial charge in [-0.3, -0.25) is 14.1 Å². The predicted molar refractivity (Wildman–Crippen MR) is 214 cm³/mol. The van der Waals surface area contributed by atoms with Crippen LogP contribution in [0, 0.1) is 0 Å². The number of nitrogens with zero attached hydrogens (tertiary/aromatic N) is 6. The van der Waals surface area contributed by atoms with Crippen molar-refractivity contribution in [1.29, 1.82) is 0 Å². The molecule has 6 aromatic rings. The number of Topliss-reactive ketones (excluding diaryl/α,β-unsaturated/α-hetero) is 2. The van der Waals surface area contributed by atoms with Gasteiger partial charge in [-0.1, -0.05) is 53.6 Å². The summed E-state index contributed by atoms with van der Waals surface area (Å²) in [5.74, 6) is 0.187. The fraction of sp³-hybridized carbons (Fsp3) is 0.0556. The molecule has 21 heteroatoms. The second-order valence-electron chi connectivity index (χ2n) is 11.7. The van der Waals surface area contributed by atoms with E-state index in [1.54, 1.807) is 72.8 Å². The Balaban J connectivity index is 1.22. The molecule has 6 rings (SSSR count). The molecule has 0 fully saturated rings. The number of ketones is 2. The van der Waals surface area contributed by atoms with Gasteiger partial charge in [0.05, 0.1) is 12.0 Å². The lowest BCUT2D eigenvalue weighted by Crippen LogP contribution is -2.05. The Labute approximate surface area is 338 Å². The van der Waals surface area contributed by atoms with Crippen molar-refractivity contribution in [2.24, 2.45) is 0 Å². The fourth-order valence-corrected chi connectivity index (χ4v) is 6.59. The number of carbonyl (C=O) groups excluding carboxylic acids is 2. The van der Waals surface area contributed by atoms with Crippen LogP contribution in [0.5, 0.6) is 0 Å². The first-order valence-electron chi connectivity index (χ1n) is 16.2. The first-order valence-corrected chi connectivity index (χ1v) is 19.1. The third-order valence-electron chi connectivity index (χ3n) is 7.73. The van der Waals surface area contributed by atoms with Crippen molar-refractivity contribution in [3.05, 3.63) is 118 Å². The Kier molecular flexibility index (Phi) is 12.8. The van der Waals surface area contributed by atoms with E-state index in [4.69, 9.17) is 28.5 Å². The lowest BCUT2D eigenvalue weighted by atomic mass is 10.1. The van der Waals surface area contributed by atoms with E-state index < -0.39 is 15.0 Å². The van der Waals surface area contributed by atoms with Gasteiger partial charge in [0, 0.05) is 38.6 Å². The molecular weight excluding hydrogens is 821 g/mol. The molecule has 0 saturated heterocycles. The van der Waals surface area contributed by atoms with E-state index in [9.17, 15) is 22.6 Å². The number of halogens is 2. The van der Waals surface area contributed by atoms with Crippen LogP contribution in [0.1, 0.15) is 45.7 Å². The molecule has 0 unspecified atom stereocenters. The molecule has 290 valence electrons. The van der Waals surface area contributed by atoms with Gasteiger partial charge in [0.2, 0.25) is 28.4 Å². The average Bonchev–Trinajstić information content (AvgIpc) is 3.16. The number of hydrogen-bond donors (Lipinski definition) is 5. The first-order chi connectivity index (χ1) is 27.2. The highest BCUT2D eigenvalue weighted by molar-refractivity contribution is 7.94. The van der Waals surface area contributed by atoms with E-state index >= 15 is 0 Å². The third kappa shape index (κ3) is 10.9. The molecule has 0 amide bonds. The van der Waals surface area contributed by atoms with Gasteiger partial charge in [-0.25, -0.2) is 5.26 Å². The van der Waals surface area contributed by atoms with Crippen molar-refractivity contribution in [1.82, 2.24) is 29.9 Å². The maximum absolute atomic E-state index is 12.5. The molecule has 0 aliphatic heterocycles. The van der Waals surface area contributed by atoms with Gasteiger partial charge >= 0.3 is 0 Å². The molecule has 0 radical (unpaired) electrons. The Hall–Kier alpha value is -5.90. The minimum absolute atomic E-state index is 0.0148. The van der Waals surface area contributed by atoms with Crippen molar-refractivity contribution in [2.45, 2.75) is 23.6 Å². The second-order valence-corrected chi connectivity index (χ2v) is 14.5. The average molecular weight is 849 g/mol. The minimum atomic E-state index is -4.76. The summed E-state index contributed by atoms with van der Waals surface area (Å²) >= 11 is 13.0. The second kappa shape index (κ2) is 17.9. The highest BCUT2D eigenvalue weighted by Crippen LogP contribution is 2.32. The summed E-state index contributed by atoms with van der Waals surface area (Å²) in [7, 11) is -4.76. The lowest BCUT2D eigenvalue weighted by Gasteiger charge is -2.11. The molecule has 0 spiro atoms. The standard InChI is InChI=1S/C36H27Cl2N9O8S2/c1-19(48)21-3-7-25(8-4-21)31-42-32(37)44-34(43-31)41-28-16-12-24(30(18-28)57(51,52)53)6-5-23-11-15-27(17-29(23)56-55-54-50)40-36-46-33(38)45-35(47-36)39-26-13-9-22(10-14-26)20(2)49/h3-18,50H,1-2H3,(H,51,52,53)(H,41,42,43,44)(H2,39,40,45,46,47)/b6-5+. The normalized spacial score (nSPS) is 11.4. The number of benzene rings is 4. The van der Waals surface area contributed by atoms with Crippen LogP contribution in [0.4, 0.5) is 34.9 Å². The van der Waals surface area contributed by atoms with Crippen LogP contribution in [-0.2, 0) is 19.5 Å². The smallest absolute Gasteiger partial charge is 0.295 e. The van der Waals surface area contributed by atoms with Gasteiger partial charge in [-0.15, -0.1) is 4.33 Å². The van der Waals surface area contributed by atoms with Crippen molar-refractivity contribution in [3.8, 4) is 11.4 Å². The van der Waals surface area contributed by atoms with Crippen LogP contribution in [0.15, 0.2) is 94.7 Å². The van der Waals surface area contributed by atoms with Gasteiger partial charge < -0.3 is 16.0 Å². The van der Waals surface area contributed by atoms with Crippen LogP contribution in [0.3, 0.4) is 0 Å². The quantitative estimate of drug-likeness (QED) is 0.0162. The first kappa shape index (κ1) is 40.8. The summed E-state index contributed by atoms with van der Waals surface area (Å²) in [6, 6.07) is 22.3. The van der Waals surface area contributed by atoms with Crippen LogP contribution in [-0.4, -0.2) is 59.7 Å². The van der Waals surface area contributed by atoms with Crippen LogP contribution in [0.25, 0.3) is 23.5 Å². The van der Waals surface area contributed by atoms with Crippen molar-refractivity contribution in [3.63, 3.8) is 0 Å². The number of hydrogen-bond acceptors (Lipinski definition) is 17. The Morgan fingerprint density at radius 2 is 1.16 bits per heavy atom. The Morgan fingerprint density at radius 1 is 0.667 bits per heavy atom. The number of aromatic nitrogens is 6. The zero-order valence-electron chi connectivity index (χ0n) is 29.3. The van der Waals surface area contributed by atoms with E-state index in [1.807, 2.05) is 0 Å². The zero-order valence-corrected chi connectivity index (χ0v) is 32.5. The summed E-state index contributed by atoms with van der Waals surface area (Å²) in [4.78, 5) is 48.3. The van der Waals surface area contributed by atoms with E-state index in [0.29, 0.717) is 50.6 Å². The van der Waals surface area contributed by atoms with E-state index in [2.05, 4.69) is 55.2 Å². The van der Waals surface area contributed by atoms with E-state index in [1.165, 1.54) is 38.1 Å². The van der Waals surface area contributed by atoms with Crippen LogP contribution in [0.2, 0.25) is 10.6 Å². The topological polar surface area (TPSA) is 241 Å². The fourth-order valence-electron chi connectivity index (χ4n) is 5.05. The largest absolute Gasteiger partial charge is 0.324 e. The Morgan fingerprint density at radius 3 is 1.74 bits per heavy atom. The van der Waals surface area contributed by atoms with Crippen molar-refractivity contribution < 1.29 is 37.2 Å². The zero-order chi connectivity index (χ0) is 40.7. The number of nitrogens with one attached hydrogen (secondary N) is 3. The molecule has 0 saturated carbocycles. The summed E-state index contributed by atoms with van der Waals surface area (Å²) < 4.78 is 39.9. The molecular formula is C36H27Cl2N9O8S2. The van der Waals surface area contributed by atoms with Gasteiger partial charge in [-0.05, 0) is 96.7 Å². The molecule has 2 aromatic heterocycles. The lowest BCUT2D eigenvalue weighted by molar-refractivity contribution is -0.432. The summed E-state index contributed by atoms with van der Waals surface area (Å²) in [6.45, 7) is 2.91. The van der Waals surface area contributed by atoms with E-state index in [0.717, 1.165) is 0 Å². The predicted octanol–water partition coefficient (Wildman–Crippen LogP) is 8.51. The van der Waals surface area contributed by atoms with Gasteiger partial charge in [0.25, 0.3) is 10.1 Å². The molecule has 4 aromatic carbocycles. The third-order valence-corrected chi connectivity index (χ3v) is 9.64. The van der Waals surface area contributed by atoms with Crippen molar-refractivity contribution >= 4 is 104 Å². The SMILES string of the molecule is CC(=O)c1ccc(Nc2nc(Cl)nc(Nc3ccc(/C=C/c4ccc(Nc5nc(Cl)nc(-c6ccc(C(C)=O)cc6)n5)cc4S(=O)(=O)O)c(SOOO)c3)n2)cc1. The Bertz CT molecular complexity index is 2620. The van der Waals surface area contributed by atoms with Crippen LogP contribution < -0.4 is 16.0 Å². The molecule has 5 N–H and O–H groups in total. The number of anilines is 6. The maximum Gasteiger partial charge on any atom is 0.295 e. The number of rotatable bonds is 15. The molecule has 0 aliphatic carbocycles. The monoisotopic (exact) mass is 847 g/mol. The number of carbonyl (C=O) groups is 2. The highest BCUT2D eigenvalue weighted by atomic mass is 35.5. The van der Waals surface area contributed by atoms with Gasteiger partial charge in [0.15, 0.2) is 17.4 Å². The molecule has 0 aliphatic rings. The van der Waals surface area contributed by atoms with Crippen molar-refractivity contribution in [2.75, 3.05) is 16.0 Å². The summed E-state index contributed by atoms with van der Waals surface area (Å²) in [5, 5.41) is 21.3.